The summed E-state index contributed by atoms with van der Waals surface area (Å²) in [6.07, 6.45) is 2.39. The molecule has 0 heterocycles. The monoisotopic (exact) mass is 260 g/mol. The van der Waals surface area contributed by atoms with Crippen molar-refractivity contribution in [3.8, 4) is 0 Å². The second-order valence-electron chi connectivity index (χ2n) is 5.22. The van der Waals surface area contributed by atoms with Crippen LogP contribution >= 0.6 is 0 Å². The van der Waals surface area contributed by atoms with Crippen molar-refractivity contribution in [1.82, 2.24) is 5.32 Å². The standard InChI is InChI=1S/C12H24N2O4/c1-12(2,3)18-11(17)14-8-6-4-5-7-9(13)10(15)16/h9H,4-8,13H2,1-3H3,(H,14,17)(H,15,16). The van der Waals surface area contributed by atoms with Crippen LogP contribution in [0.15, 0.2) is 0 Å². The third kappa shape index (κ3) is 9.89. The number of ether oxygens (including phenoxy) is 1. The summed E-state index contributed by atoms with van der Waals surface area (Å²) in [5, 5.41) is 11.2. The molecule has 4 N–H and O–H groups in total. The molecule has 0 spiro atoms. The van der Waals surface area contributed by atoms with E-state index in [1.165, 1.54) is 0 Å². The van der Waals surface area contributed by atoms with Crippen LogP contribution in [-0.4, -0.2) is 35.4 Å². The van der Waals surface area contributed by atoms with Gasteiger partial charge in [0.15, 0.2) is 0 Å². The molecule has 0 aliphatic heterocycles. The predicted molar refractivity (Wildman–Crippen MR) is 68.3 cm³/mol. The fraction of sp³-hybridized carbons (Fsp3) is 0.833. The first-order chi connectivity index (χ1) is 8.22. The van der Waals surface area contributed by atoms with Gasteiger partial charge in [-0.25, -0.2) is 4.79 Å². The zero-order valence-corrected chi connectivity index (χ0v) is 11.4. The van der Waals surface area contributed by atoms with Gasteiger partial charge in [0, 0.05) is 6.54 Å². The first kappa shape index (κ1) is 16.7. The van der Waals surface area contributed by atoms with Gasteiger partial charge >= 0.3 is 12.1 Å². The van der Waals surface area contributed by atoms with Gasteiger partial charge in [-0.05, 0) is 33.6 Å². The largest absolute Gasteiger partial charge is 0.480 e. The molecule has 0 bridgehead atoms. The fourth-order valence-electron chi connectivity index (χ4n) is 1.29. The number of aliphatic carboxylic acids is 1. The smallest absolute Gasteiger partial charge is 0.407 e. The van der Waals surface area contributed by atoms with Gasteiger partial charge in [-0.1, -0.05) is 12.8 Å². The van der Waals surface area contributed by atoms with E-state index in [4.69, 9.17) is 15.6 Å². The molecule has 0 rings (SSSR count). The van der Waals surface area contributed by atoms with Crippen LogP contribution in [0.4, 0.5) is 4.79 Å². The number of unbranched alkanes of at least 4 members (excludes halogenated alkanes) is 2. The van der Waals surface area contributed by atoms with Gasteiger partial charge in [-0.2, -0.15) is 0 Å². The van der Waals surface area contributed by atoms with Crippen LogP contribution in [0.2, 0.25) is 0 Å². The Morgan fingerprint density at radius 2 is 1.89 bits per heavy atom. The number of carbonyl (C=O) groups excluding carboxylic acids is 1. The van der Waals surface area contributed by atoms with E-state index >= 15 is 0 Å². The van der Waals surface area contributed by atoms with Crippen molar-refractivity contribution in [2.24, 2.45) is 5.73 Å². The molecule has 0 saturated carbocycles. The number of nitrogens with two attached hydrogens (primary N) is 1. The van der Waals surface area contributed by atoms with E-state index in [2.05, 4.69) is 5.32 Å². The van der Waals surface area contributed by atoms with Gasteiger partial charge in [-0.15, -0.1) is 0 Å². The lowest BCUT2D eigenvalue weighted by atomic mass is 10.1. The van der Waals surface area contributed by atoms with E-state index in [-0.39, 0.29) is 0 Å². The summed E-state index contributed by atoms with van der Waals surface area (Å²) in [5.41, 5.74) is 4.87. The maximum atomic E-state index is 11.3. The molecule has 6 heteroatoms. The second-order valence-corrected chi connectivity index (χ2v) is 5.22. The minimum Gasteiger partial charge on any atom is -0.480 e. The Hall–Kier alpha value is -1.30. The van der Waals surface area contributed by atoms with Crippen molar-refractivity contribution in [2.75, 3.05) is 6.54 Å². The van der Waals surface area contributed by atoms with Crippen molar-refractivity contribution in [1.29, 1.82) is 0 Å². The van der Waals surface area contributed by atoms with Crippen LogP contribution in [0, 0.1) is 0 Å². The van der Waals surface area contributed by atoms with E-state index < -0.39 is 23.7 Å². The molecular weight excluding hydrogens is 236 g/mol. The van der Waals surface area contributed by atoms with Crippen LogP contribution in [0.3, 0.4) is 0 Å². The minimum absolute atomic E-state index is 0.426. The van der Waals surface area contributed by atoms with Gasteiger partial charge in [0.1, 0.15) is 11.6 Å². The van der Waals surface area contributed by atoms with Gasteiger partial charge in [0.05, 0.1) is 0 Å². The number of amides is 1. The molecule has 0 aliphatic carbocycles. The highest BCUT2D eigenvalue weighted by Crippen LogP contribution is 2.06. The third-order valence-corrected chi connectivity index (χ3v) is 2.18. The molecule has 106 valence electrons. The first-order valence-corrected chi connectivity index (χ1v) is 6.17. The molecule has 1 amide bonds. The number of alkyl carbamates (subject to hydrolysis) is 1. The lowest BCUT2D eigenvalue weighted by molar-refractivity contribution is -0.138. The Balaban J connectivity index is 3.46. The van der Waals surface area contributed by atoms with Gasteiger partial charge in [0.2, 0.25) is 0 Å². The maximum absolute atomic E-state index is 11.3. The minimum atomic E-state index is -0.970. The number of nitrogens with one attached hydrogen (secondary N) is 1. The summed E-state index contributed by atoms with van der Waals surface area (Å²) >= 11 is 0. The highest BCUT2D eigenvalue weighted by molar-refractivity contribution is 5.72. The molecular formula is C12H24N2O4. The lowest BCUT2D eigenvalue weighted by Crippen LogP contribution is -2.33. The Labute approximate surface area is 108 Å². The Morgan fingerprint density at radius 1 is 1.28 bits per heavy atom. The predicted octanol–water partition coefficient (Wildman–Crippen LogP) is 1.48. The van der Waals surface area contributed by atoms with E-state index in [1.807, 2.05) is 0 Å². The third-order valence-electron chi connectivity index (χ3n) is 2.18. The van der Waals surface area contributed by atoms with Gasteiger partial charge in [0.25, 0.3) is 0 Å². The van der Waals surface area contributed by atoms with Gasteiger partial charge in [-0.3, -0.25) is 4.79 Å². The molecule has 0 aromatic heterocycles. The Morgan fingerprint density at radius 3 is 2.39 bits per heavy atom. The highest BCUT2D eigenvalue weighted by atomic mass is 16.6. The van der Waals surface area contributed by atoms with E-state index in [1.54, 1.807) is 20.8 Å². The quantitative estimate of drug-likeness (QED) is 0.602. The first-order valence-electron chi connectivity index (χ1n) is 6.17. The Bertz CT molecular complexity index is 274. The van der Waals surface area contributed by atoms with Gasteiger partial charge < -0.3 is 20.9 Å². The molecule has 0 aromatic carbocycles. The maximum Gasteiger partial charge on any atom is 0.407 e. The van der Waals surface area contributed by atoms with E-state index in [9.17, 15) is 9.59 Å². The number of hydrogen-bond acceptors (Lipinski definition) is 4. The van der Waals surface area contributed by atoms with E-state index in [0.29, 0.717) is 13.0 Å². The Kier molecular flexibility index (Phi) is 7.35. The number of hydrogen-bond donors (Lipinski definition) is 3. The zero-order valence-electron chi connectivity index (χ0n) is 11.4. The van der Waals surface area contributed by atoms with Crippen molar-refractivity contribution in [3.63, 3.8) is 0 Å². The second kappa shape index (κ2) is 7.92. The molecule has 0 aliphatic rings. The van der Waals surface area contributed by atoms with Crippen molar-refractivity contribution in [3.05, 3.63) is 0 Å². The van der Waals surface area contributed by atoms with Crippen molar-refractivity contribution in [2.45, 2.75) is 58.1 Å². The molecule has 1 atom stereocenters. The number of rotatable bonds is 7. The summed E-state index contributed by atoms with van der Waals surface area (Å²) in [7, 11) is 0. The lowest BCUT2D eigenvalue weighted by Gasteiger charge is -2.19. The van der Waals surface area contributed by atoms with Crippen LogP contribution < -0.4 is 11.1 Å². The normalized spacial score (nSPS) is 12.9. The van der Waals surface area contributed by atoms with Crippen LogP contribution in [-0.2, 0) is 9.53 Å². The molecule has 18 heavy (non-hydrogen) atoms. The number of carboxylic acid groups (broad SMARTS) is 1. The van der Waals surface area contributed by atoms with Crippen molar-refractivity contribution < 1.29 is 19.4 Å². The SMILES string of the molecule is CC(C)(C)OC(=O)NCCCCCC(N)C(=O)O. The molecule has 6 nitrogen and oxygen atoms in total. The number of carbonyl (C=O) groups is 2. The van der Waals surface area contributed by atoms with E-state index in [0.717, 1.165) is 19.3 Å². The highest BCUT2D eigenvalue weighted by Gasteiger charge is 2.15. The molecule has 0 aromatic rings. The fourth-order valence-corrected chi connectivity index (χ4v) is 1.29. The molecule has 0 radical (unpaired) electrons. The van der Waals surface area contributed by atoms with Crippen LogP contribution in [0.5, 0.6) is 0 Å². The average molecular weight is 260 g/mol. The molecule has 1 unspecified atom stereocenters. The molecule has 0 fully saturated rings. The summed E-state index contributed by atoms with van der Waals surface area (Å²) in [6, 6.07) is -0.788. The number of carboxylic acids is 1. The van der Waals surface area contributed by atoms with Crippen molar-refractivity contribution >= 4 is 12.1 Å². The summed E-state index contributed by atoms with van der Waals surface area (Å²) in [5.74, 6) is -0.970. The average Bonchev–Trinajstić information content (AvgIpc) is 2.19. The van der Waals surface area contributed by atoms with Crippen LogP contribution in [0.1, 0.15) is 46.5 Å². The molecule has 0 saturated heterocycles. The summed E-state index contributed by atoms with van der Waals surface area (Å²) in [6.45, 7) is 5.94. The van der Waals surface area contributed by atoms with Crippen LogP contribution in [0.25, 0.3) is 0 Å². The summed E-state index contributed by atoms with van der Waals surface area (Å²) in [4.78, 5) is 21.7. The summed E-state index contributed by atoms with van der Waals surface area (Å²) < 4.78 is 5.07. The topological polar surface area (TPSA) is 102 Å². The zero-order chi connectivity index (χ0) is 14.2.